The molecule has 0 bridgehead atoms. The number of hydrogen-bond acceptors (Lipinski definition) is 5. The molecule has 0 fully saturated rings. The van der Waals surface area contributed by atoms with Gasteiger partial charge in [0.1, 0.15) is 4.90 Å². The molecular formula is C12H14N2O4S2. The summed E-state index contributed by atoms with van der Waals surface area (Å²) in [5.41, 5.74) is 0.834. The summed E-state index contributed by atoms with van der Waals surface area (Å²) < 4.78 is 46.8. The first-order valence-electron chi connectivity index (χ1n) is 5.68. The number of hydrogen-bond donors (Lipinski definition) is 0. The van der Waals surface area contributed by atoms with E-state index in [9.17, 15) is 16.8 Å². The van der Waals surface area contributed by atoms with E-state index in [0.29, 0.717) is 6.54 Å². The molecule has 6 nitrogen and oxygen atoms in total. The second kappa shape index (κ2) is 5.02. The van der Waals surface area contributed by atoms with Gasteiger partial charge in [-0.3, -0.25) is 4.68 Å². The second-order valence-corrected chi connectivity index (χ2v) is 8.59. The molecule has 0 aliphatic heterocycles. The Morgan fingerprint density at radius 3 is 1.95 bits per heavy atom. The minimum absolute atomic E-state index is 0.158. The topological polar surface area (TPSA) is 86.1 Å². The fourth-order valence-electron chi connectivity index (χ4n) is 1.65. The van der Waals surface area contributed by atoms with E-state index in [-0.39, 0.29) is 9.79 Å². The highest BCUT2D eigenvalue weighted by molar-refractivity contribution is 7.91. The summed E-state index contributed by atoms with van der Waals surface area (Å²) >= 11 is 0. The van der Waals surface area contributed by atoms with Gasteiger partial charge in [0.2, 0.25) is 0 Å². The third kappa shape index (κ3) is 3.45. The lowest BCUT2D eigenvalue weighted by atomic mass is 10.2. The average Bonchev–Trinajstić information content (AvgIpc) is 2.77. The molecule has 108 valence electrons. The molecular weight excluding hydrogens is 300 g/mol. The van der Waals surface area contributed by atoms with Crippen molar-refractivity contribution in [2.24, 2.45) is 0 Å². The molecule has 20 heavy (non-hydrogen) atoms. The van der Waals surface area contributed by atoms with Crippen molar-refractivity contribution in [3.05, 3.63) is 42.2 Å². The van der Waals surface area contributed by atoms with Gasteiger partial charge in [-0.05, 0) is 17.7 Å². The summed E-state index contributed by atoms with van der Waals surface area (Å²) in [6.45, 7) is 0.375. The predicted octanol–water partition coefficient (Wildman–Crippen LogP) is 0.738. The monoisotopic (exact) mass is 314 g/mol. The third-order valence-electron chi connectivity index (χ3n) is 2.73. The Kier molecular flexibility index (Phi) is 3.70. The van der Waals surface area contributed by atoms with Crippen LogP contribution < -0.4 is 0 Å². The van der Waals surface area contributed by atoms with E-state index in [1.54, 1.807) is 12.1 Å². The second-order valence-electron chi connectivity index (χ2n) is 4.56. The summed E-state index contributed by atoms with van der Waals surface area (Å²) in [5.74, 6) is 0. The summed E-state index contributed by atoms with van der Waals surface area (Å²) in [4.78, 5) is 0.406. The maximum atomic E-state index is 11.3. The van der Waals surface area contributed by atoms with Crippen LogP contribution in [0.5, 0.6) is 0 Å². The van der Waals surface area contributed by atoms with E-state index in [2.05, 4.69) is 5.10 Å². The molecule has 0 radical (unpaired) electrons. The van der Waals surface area contributed by atoms with E-state index in [1.807, 2.05) is 0 Å². The first-order valence-corrected chi connectivity index (χ1v) is 9.46. The quantitative estimate of drug-likeness (QED) is 0.831. The van der Waals surface area contributed by atoms with Crippen LogP contribution in [0.25, 0.3) is 0 Å². The first kappa shape index (κ1) is 14.7. The Balaban J connectivity index is 2.21. The molecule has 0 aliphatic carbocycles. The van der Waals surface area contributed by atoms with Crippen LogP contribution in [-0.2, 0) is 26.2 Å². The molecule has 0 N–H and O–H groups in total. The molecule has 1 aromatic carbocycles. The van der Waals surface area contributed by atoms with Crippen LogP contribution in [0.2, 0.25) is 0 Å². The summed E-state index contributed by atoms with van der Waals surface area (Å²) in [6, 6.07) is 6.40. The van der Waals surface area contributed by atoms with Crippen molar-refractivity contribution in [3.8, 4) is 0 Å². The molecule has 0 atom stereocenters. The zero-order valence-corrected chi connectivity index (χ0v) is 12.6. The first-order chi connectivity index (χ1) is 9.16. The Hall–Kier alpha value is -1.67. The van der Waals surface area contributed by atoms with Gasteiger partial charge in [-0.25, -0.2) is 16.8 Å². The van der Waals surface area contributed by atoms with Crippen molar-refractivity contribution in [1.29, 1.82) is 0 Å². The molecule has 0 unspecified atom stereocenters. The zero-order chi connectivity index (χ0) is 15.0. The number of rotatable bonds is 4. The van der Waals surface area contributed by atoms with Gasteiger partial charge < -0.3 is 0 Å². The largest absolute Gasteiger partial charge is 0.267 e. The summed E-state index contributed by atoms with van der Waals surface area (Å²) in [5, 5.41) is 3.97. The number of nitrogens with zero attached hydrogens (tertiary/aromatic N) is 2. The van der Waals surface area contributed by atoms with Gasteiger partial charge in [-0.2, -0.15) is 5.10 Å². The molecule has 0 spiro atoms. The van der Waals surface area contributed by atoms with Gasteiger partial charge in [-0.1, -0.05) is 12.1 Å². The van der Waals surface area contributed by atoms with Gasteiger partial charge in [-0.15, -0.1) is 0 Å². The van der Waals surface area contributed by atoms with Gasteiger partial charge in [0.05, 0.1) is 17.6 Å². The van der Waals surface area contributed by atoms with Crippen LogP contribution in [0.3, 0.4) is 0 Å². The third-order valence-corrected chi connectivity index (χ3v) is 4.93. The van der Waals surface area contributed by atoms with E-state index in [0.717, 1.165) is 18.1 Å². The molecule has 1 heterocycles. The molecule has 0 amide bonds. The lowest BCUT2D eigenvalue weighted by Gasteiger charge is -2.03. The maximum Gasteiger partial charge on any atom is 0.178 e. The predicted molar refractivity (Wildman–Crippen MR) is 74.0 cm³/mol. The van der Waals surface area contributed by atoms with Crippen LogP contribution in [0.15, 0.2) is 46.5 Å². The van der Waals surface area contributed by atoms with Gasteiger partial charge in [0, 0.05) is 18.7 Å². The van der Waals surface area contributed by atoms with Crippen LogP contribution in [0.4, 0.5) is 0 Å². The fourth-order valence-corrected chi connectivity index (χ4v) is 2.83. The smallest absolute Gasteiger partial charge is 0.178 e. The van der Waals surface area contributed by atoms with Gasteiger partial charge in [0.15, 0.2) is 19.7 Å². The van der Waals surface area contributed by atoms with Crippen LogP contribution in [0, 0.1) is 0 Å². The molecule has 0 saturated heterocycles. The Morgan fingerprint density at radius 1 is 0.950 bits per heavy atom. The van der Waals surface area contributed by atoms with E-state index >= 15 is 0 Å². The fraction of sp³-hybridized carbons (Fsp3) is 0.250. The normalized spacial score (nSPS) is 12.5. The minimum atomic E-state index is -3.26. The SMILES string of the molecule is CS(=O)(=O)c1ccc(Cn2cc(S(C)(=O)=O)cn2)cc1. The zero-order valence-electron chi connectivity index (χ0n) is 11.0. The average molecular weight is 314 g/mol. The number of benzene rings is 1. The maximum absolute atomic E-state index is 11.3. The van der Waals surface area contributed by atoms with Crippen molar-refractivity contribution < 1.29 is 16.8 Å². The number of aromatic nitrogens is 2. The van der Waals surface area contributed by atoms with Gasteiger partial charge in [0.25, 0.3) is 0 Å². The van der Waals surface area contributed by atoms with Gasteiger partial charge >= 0.3 is 0 Å². The van der Waals surface area contributed by atoms with Crippen molar-refractivity contribution in [1.82, 2.24) is 9.78 Å². The van der Waals surface area contributed by atoms with Crippen molar-refractivity contribution in [2.75, 3.05) is 12.5 Å². The Bertz CT molecular complexity index is 819. The number of sulfone groups is 2. The highest BCUT2D eigenvalue weighted by Gasteiger charge is 2.10. The van der Waals surface area contributed by atoms with Crippen LogP contribution in [-0.4, -0.2) is 39.1 Å². The minimum Gasteiger partial charge on any atom is -0.267 e. The highest BCUT2D eigenvalue weighted by atomic mass is 32.2. The van der Waals surface area contributed by atoms with Crippen LogP contribution in [0.1, 0.15) is 5.56 Å². The van der Waals surface area contributed by atoms with Crippen LogP contribution >= 0.6 is 0 Å². The van der Waals surface area contributed by atoms with Crippen molar-refractivity contribution >= 4 is 19.7 Å². The molecule has 1 aromatic heterocycles. The van der Waals surface area contributed by atoms with E-state index in [4.69, 9.17) is 0 Å². The van der Waals surface area contributed by atoms with E-state index < -0.39 is 19.7 Å². The van der Waals surface area contributed by atoms with Crippen molar-refractivity contribution in [2.45, 2.75) is 16.3 Å². The molecule has 2 rings (SSSR count). The van der Waals surface area contributed by atoms with Crippen molar-refractivity contribution in [3.63, 3.8) is 0 Å². The summed E-state index contributed by atoms with van der Waals surface area (Å²) in [6.07, 6.45) is 5.00. The lowest BCUT2D eigenvalue weighted by Crippen LogP contribution is -2.02. The Labute approximate surface area is 117 Å². The van der Waals surface area contributed by atoms with E-state index in [1.165, 1.54) is 29.2 Å². The molecule has 0 aliphatic rings. The molecule has 2 aromatic rings. The Morgan fingerprint density at radius 2 is 1.50 bits per heavy atom. The standard InChI is InChI=1S/C12H14N2O4S2/c1-19(15,16)11-5-3-10(4-6-11)8-14-9-12(7-13-14)20(2,17)18/h3-7,9H,8H2,1-2H3. The molecule has 8 heteroatoms. The highest BCUT2D eigenvalue weighted by Crippen LogP contribution is 2.12. The lowest BCUT2D eigenvalue weighted by molar-refractivity contribution is 0.599. The molecule has 0 saturated carbocycles. The summed E-state index contributed by atoms with van der Waals surface area (Å²) in [7, 11) is -6.47.